The summed E-state index contributed by atoms with van der Waals surface area (Å²) in [5, 5.41) is 6.46. The van der Waals surface area contributed by atoms with Gasteiger partial charge in [-0.15, -0.1) is 0 Å². The van der Waals surface area contributed by atoms with Crippen molar-refractivity contribution in [2.45, 2.75) is 13.1 Å². The van der Waals surface area contributed by atoms with Gasteiger partial charge < -0.3 is 30.7 Å². The van der Waals surface area contributed by atoms with Crippen LogP contribution in [0.5, 0.6) is 0 Å². The molecule has 3 rings (SSSR count). The van der Waals surface area contributed by atoms with Gasteiger partial charge in [-0.3, -0.25) is 4.98 Å². The zero-order valence-electron chi connectivity index (χ0n) is 19.0. The van der Waals surface area contributed by atoms with Crippen LogP contribution in [0.15, 0.2) is 54.7 Å². The largest absolute Gasteiger partial charge is 0.378 e. The number of rotatable bonds is 15. The molecule has 10 nitrogen and oxygen atoms in total. The van der Waals surface area contributed by atoms with Crippen LogP contribution < -0.4 is 21.3 Å². The normalized spacial score (nSPS) is 10.7. The molecule has 0 aliphatic heterocycles. The molecule has 0 atom stereocenters. The summed E-state index contributed by atoms with van der Waals surface area (Å²) < 4.78 is 10.9. The molecule has 0 amide bonds. The van der Waals surface area contributed by atoms with Crippen molar-refractivity contribution in [1.82, 2.24) is 19.9 Å². The van der Waals surface area contributed by atoms with Crippen LogP contribution in [-0.2, 0) is 22.6 Å². The zero-order chi connectivity index (χ0) is 23.1. The van der Waals surface area contributed by atoms with Crippen molar-refractivity contribution >= 4 is 17.8 Å². The standard InChI is InChI=1S/C23H32N8O2/c1-31(18-19-7-3-2-4-8-19)23-29-21(26-12-14-33-16-15-32-13-10-24)28-22(30-23)27-17-20-9-5-6-11-25-20/h2-9,11H,10,12-18,24H2,1H3,(H2,26,27,28,29,30). The Morgan fingerprint density at radius 1 is 0.848 bits per heavy atom. The van der Waals surface area contributed by atoms with Crippen LogP contribution in [0.3, 0.4) is 0 Å². The Labute approximate surface area is 194 Å². The summed E-state index contributed by atoms with van der Waals surface area (Å²) in [6, 6.07) is 16.0. The third-order valence-electron chi connectivity index (χ3n) is 4.55. The highest BCUT2D eigenvalue weighted by atomic mass is 16.5. The van der Waals surface area contributed by atoms with Crippen molar-refractivity contribution in [2.24, 2.45) is 5.73 Å². The Morgan fingerprint density at radius 3 is 2.30 bits per heavy atom. The van der Waals surface area contributed by atoms with Gasteiger partial charge >= 0.3 is 0 Å². The maximum atomic E-state index is 5.56. The van der Waals surface area contributed by atoms with E-state index in [1.54, 1.807) is 6.20 Å². The van der Waals surface area contributed by atoms with Gasteiger partial charge in [-0.1, -0.05) is 36.4 Å². The topological polar surface area (TPSA) is 123 Å². The molecule has 10 heteroatoms. The van der Waals surface area contributed by atoms with Gasteiger partial charge in [0, 0.05) is 32.9 Å². The van der Waals surface area contributed by atoms with Crippen molar-refractivity contribution in [3.63, 3.8) is 0 Å². The number of pyridine rings is 1. The highest BCUT2D eigenvalue weighted by Crippen LogP contribution is 2.15. The van der Waals surface area contributed by atoms with E-state index < -0.39 is 0 Å². The van der Waals surface area contributed by atoms with E-state index in [4.69, 9.17) is 15.2 Å². The molecule has 2 aromatic heterocycles. The van der Waals surface area contributed by atoms with E-state index in [0.29, 0.717) is 70.5 Å². The van der Waals surface area contributed by atoms with Crippen LogP contribution in [0.2, 0.25) is 0 Å². The highest BCUT2D eigenvalue weighted by molar-refractivity contribution is 5.44. The van der Waals surface area contributed by atoms with Gasteiger partial charge in [-0.05, 0) is 17.7 Å². The van der Waals surface area contributed by atoms with Crippen molar-refractivity contribution in [2.75, 3.05) is 62.1 Å². The van der Waals surface area contributed by atoms with Crippen LogP contribution in [0.1, 0.15) is 11.3 Å². The van der Waals surface area contributed by atoms with E-state index in [-0.39, 0.29) is 0 Å². The van der Waals surface area contributed by atoms with Crippen LogP contribution in [0.4, 0.5) is 17.8 Å². The summed E-state index contributed by atoms with van der Waals surface area (Å²) in [6.45, 7) is 4.35. The summed E-state index contributed by atoms with van der Waals surface area (Å²) in [5.74, 6) is 1.52. The molecule has 33 heavy (non-hydrogen) atoms. The van der Waals surface area contributed by atoms with Gasteiger partial charge in [0.05, 0.1) is 38.7 Å². The first-order valence-corrected chi connectivity index (χ1v) is 11.0. The lowest BCUT2D eigenvalue weighted by atomic mass is 10.2. The first-order chi connectivity index (χ1) is 16.2. The molecular formula is C23H32N8O2. The SMILES string of the molecule is CN(Cc1ccccc1)c1nc(NCCOCCOCCN)nc(NCc2ccccn2)n1. The van der Waals surface area contributed by atoms with Gasteiger partial charge in [-0.25, -0.2) is 0 Å². The molecule has 176 valence electrons. The first-order valence-electron chi connectivity index (χ1n) is 11.0. The summed E-state index contributed by atoms with van der Waals surface area (Å²) in [7, 11) is 1.96. The zero-order valence-corrected chi connectivity index (χ0v) is 19.0. The number of ether oxygens (including phenoxy) is 2. The highest BCUT2D eigenvalue weighted by Gasteiger charge is 2.11. The van der Waals surface area contributed by atoms with E-state index in [1.165, 1.54) is 5.56 Å². The molecule has 0 unspecified atom stereocenters. The molecule has 0 spiro atoms. The monoisotopic (exact) mass is 452 g/mol. The molecule has 0 saturated carbocycles. The maximum absolute atomic E-state index is 5.56. The van der Waals surface area contributed by atoms with E-state index in [2.05, 4.69) is 42.7 Å². The lowest BCUT2D eigenvalue weighted by molar-refractivity contribution is 0.0547. The smallest absolute Gasteiger partial charge is 0.231 e. The fourth-order valence-electron chi connectivity index (χ4n) is 2.93. The molecule has 0 radical (unpaired) electrons. The third kappa shape index (κ3) is 8.97. The summed E-state index contributed by atoms with van der Waals surface area (Å²) in [6.07, 6.45) is 1.76. The number of benzene rings is 1. The Bertz CT molecular complexity index is 930. The van der Waals surface area contributed by atoms with Gasteiger partial charge in [0.2, 0.25) is 17.8 Å². The number of hydrogen-bond acceptors (Lipinski definition) is 10. The quantitative estimate of drug-likeness (QED) is 0.295. The molecule has 2 heterocycles. The number of nitrogens with one attached hydrogen (secondary N) is 2. The second-order valence-electron chi connectivity index (χ2n) is 7.24. The Kier molecular flexibility index (Phi) is 10.3. The van der Waals surface area contributed by atoms with Gasteiger partial charge in [0.1, 0.15) is 0 Å². The van der Waals surface area contributed by atoms with Crippen molar-refractivity contribution in [3.05, 3.63) is 66.0 Å². The van der Waals surface area contributed by atoms with Gasteiger partial charge in [-0.2, -0.15) is 15.0 Å². The van der Waals surface area contributed by atoms with Crippen molar-refractivity contribution < 1.29 is 9.47 Å². The van der Waals surface area contributed by atoms with E-state index >= 15 is 0 Å². The summed E-state index contributed by atoms with van der Waals surface area (Å²) >= 11 is 0. The van der Waals surface area contributed by atoms with Crippen LogP contribution >= 0.6 is 0 Å². The predicted octanol–water partition coefficient (Wildman–Crippen LogP) is 1.92. The minimum Gasteiger partial charge on any atom is -0.378 e. The number of nitrogens with zero attached hydrogens (tertiary/aromatic N) is 5. The van der Waals surface area contributed by atoms with Gasteiger partial charge in [0.15, 0.2) is 0 Å². The molecule has 3 aromatic rings. The van der Waals surface area contributed by atoms with Crippen LogP contribution in [0, 0.1) is 0 Å². The second kappa shape index (κ2) is 13.9. The average molecular weight is 453 g/mol. The minimum absolute atomic E-state index is 0.476. The molecule has 0 saturated heterocycles. The van der Waals surface area contributed by atoms with Crippen LogP contribution in [-0.4, -0.2) is 66.5 Å². The lowest BCUT2D eigenvalue weighted by Crippen LogP contribution is -2.22. The fourth-order valence-corrected chi connectivity index (χ4v) is 2.93. The minimum atomic E-state index is 0.476. The Balaban J connectivity index is 1.61. The summed E-state index contributed by atoms with van der Waals surface area (Å²) in [5.41, 5.74) is 7.46. The third-order valence-corrected chi connectivity index (χ3v) is 4.55. The Morgan fingerprint density at radius 2 is 1.58 bits per heavy atom. The Hall–Kier alpha value is -3.34. The van der Waals surface area contributed by atoms with Gasteiger partial charge in [0.25, 0.3) is 0 Å². The number of nitrogens with two attached hydrogens (primary N) is 1. The fraction of sp³-hybridized carbons (Fsp3) is 0.391. The molecule has 0 bridgehead atoms. The molecule has 1 aromatic carbocycles. The summed E-state index contributed by atoms with van der Waals surface area (Å²) in [4.78, 5) is 20.0. The van der Waals surface area contributed by atoms with Crippen LogP contribution in [0.25, 0.3) is 0 Å². The number of hydrogen-bond donors (Lipinski definition) is 3. The first kappa shape index (κ1) is 24.3. The van der Waals surface area contributed by atoms with E-state index in [0.717, 1.165) is 5.69 Å². The van der Waals surface area contributed by atoms with E-state index in [1.807, 2.05) is 48.3 Å². The average Bonchev–Trinajstić information content (AvgIpc) is 2.85. The molecule has 0 aliphatic carbocycles. The van der Waals surface area contributed by atoms with Crippen molar-refractivity contribution in [1.29, 1.82) is 0 Å². The molecule has 0 aliphatic rings. The predicted molar refractivity (Wildman–Crippen MR) is 129 cm³/mol. The second-order valence-corrected chi connectivity index (χ2v) is 7.24. The van der Waals surface area contributed by atoms with Crippen molar-refractivity contribution in [3.8, 4) is 0 Å². The molecular weight excluding hydrogens is 420 g/mol. The molecule has 0 fully saturated rings. The number of anilines is 3. The maximum Gasteiger partial charge on any atom is 0.231 e. The lowest BCUT2D eigenvalue weighted by Gasteiger charge is -2.19. The number of aromatic nitrogens is 4. The molecule has 4 N–H and O–H groups in total. The van der Waals surface area contributed by atoms with E-state index in [9.17, 15) is 0 Å².